The smallest absolute Gasteiger partial charge is 1.00 e. The van der Waals surface area contributed by atoms with E-state index in [0.717, 1.165) is 16.7 Å². The van der Waals surface area contributed by atoms with Crippen molar-refractivity contribution in [1.29, 1.82) is 0 Å². The SMILES string of the molecule is NC(=O)CSC1(Sc2ccncc2)C[C@@H]2CN(C(=O)Nc3ccc(O)cc3)[C@@H]3C(=O)N(C1C(=O)O)[C@H]23.[H-].[Na+]. The number of anilines is 1. The number of thioether (sulfide) groups is 2. The number of hydrogen-bond acceptors (Lipinski definition) is 8. The van der Waals surface area contributed by atoms with Crippen LogP contribution in [0.3, 0.4) is 0 Å². The minimum Gasteiger partial charge on any atom is -1.00 e. The number of likely N-dealkylation sites (tertiary alicyclic amines) is 1. The Morgan fingerprint density at radius 3 is 2.49 bits per heavy atom. The third-order valence-corrected chi connectivity index (χ3v) is 9.81. The third kappa shape index (κ3) is 5.02. The fraction of sp³-hybridized carbons (Fsp3) is 0.348. The molecule has 5 rings (SSSR count). The van der Waals surface area contributed by atoms with E-state index in [-0.39, 0.29) is 54.9 Å². The van der Waals surface area contributed by atoms with E-state index in [1.807, 2.05) is 0 Å². The Bertz CT molecular complexity index is 1230. The summed E-state index contributed by atoms with van der Waals surface area (Å²) in [5.41, 5.74) is 5.88. The van der Waals surface area contributed by atoms with Gasteiger partial charge >= 0.3 is 41.6 Å². The number of hydrogen-bond donors (Lipinski definition) is 4. The van der Waals surface area contributed by atoms with Crippen molar-refractivity contribution in [1.82, 2.24) is 14.8 Å². The number of phenols is 1. The number of β-lactam (4-membered cyclic amide) rings is 1. The third-order valence-electron chi connectivity index (χ3n) is 6.66. The Balaban J connectivity index is 0.00000200. The quantitative estimate of drug-likeness (QED) is 0.138. The zero-order valence-corrected chi connectivity index (χ0v) is 23.4. The maximum Gasteiger partial charge on any atom is 1.00 e. The first-order valence-corrected chi connectivity index (χ1v) is 12.9. The molecule has 3 aliphatic rings. The second kappa shape index (κ2) is 10.7. The van der Waals surface area contributed by atoms with Crippen LogP contribution in [-0.4, -0.2) is 83.3 Å². The molecule has 37 heavy (non-hydrogen) atoms. The van der Waals surface area contributed by atoms with E-state index >= 15 is 0 Å². The number of primary amides is 1. The number of carbonyl (C=O) groups is 4. The molecule has 190 valence electrons. The van der Waals surface area contributed by atoms with Crippen LogP contribution < -0.4 is 40.6 Å². The summed E-state index contributed by atoms with van der Waals surface area (Å²) in [5, 5.41) is 22.5. The number of nitrogens with zero attached hydrogens (tertiary/aromatic N) is 3. The van der Waals surface area contributed by atoms with Gasteiger partial charge < -0.3 is 32.5 Å². The van der Waals surface area contributed by atoms with Crippen LogP contribution in [0.25, 0.3) is 0 Å². The van der Waals surface area contributed by atoms with Crippen LogP contribution in [0.5, 0.6) is 5.75 Å². The molecule has 5 N–H and O–H groups in total. The van der Waals surface area contributed by atoms with E-state index in [1.54, 1.807) is 36.7 Å². The number of carboxylic acid groups (broad SMARTS) is 1. The predicted molar refractivity (Wildman–Crippen MR) is 133 cm³/mol. The molecule has 11 nitrogen and oxygen atoms in total. The van der Waals surface area contributed by atoms with Crippen LogP contribution in [0.1, 0.15) is 7.85 Å². The minimum absolute atomic E-state index is 0. The molecule has 14 heteroatoms. The molecule has 0 spiro atoms. The van der Waals surface area contributed by atoms with E-state index in [1.165, 1.54) is 33.7 Å². The molecule has 0 radical (unpaired) electrons. The molecule has 1 aromatic carbocycles. The average molecular weight is 554 g/mol. The van der Waals surface area contributed by atoms with Crippen molar-refractivity contribution in [2.45, 2.75) is 33.5 Å². The molecular weight excluding hydrogens is 529 g/mol. The van der Waals surface area contributed by atoms with Crippen LogP contribution in [0, 0.1) is 5.92 Å². The topological polar surface area (TPSA) is 166 Å². The van der Waals surface area contributed by atoms with Crippen molar-refractivity contribution in [2.75, 3.05) is 17.6 Å². The van der Waals surface area contributed by atoms with Crippen molar-refractivity contribution in [3.05, 3.63) is 48.8 Å². The number of aromatic hydroxyl groups is 1. The molecule has 2 aromatic rings. The number of rotatable bonds is 7. The van der Waals surface area contributed by atoms with Gasteiger partial charge in [-0.15, -0.1) is 23.5 Å². The largest absolute Gasteiger partial charge is 1.00 e. The first-order valence-electron chi connectivity index (χ1n) is 11.1. The number of pyridine rings is 1. The van der Waals surface area contributed by atoms with E-state index < -0.39 is 46.0 Å². The van der Waals surface area contributed by atoms with Gasteiger partial charge in [-0.2, -0.15) is 0 Å². The van der Waals surface area contributed by atoms with Crippen LogP contribution >= 0.6 is 23.5 Å². The van der Waals surface area contributed by atoms with Gasteiger partial charge in [0.05, 0.1) is 15.9 Å². The molecule has 5 atom stereocenters. The summed E-state index contributed by atoms with van der Waals surface area (Å²) < 4.78 is -1.10. The summed E-state index contributed by atoms with van der Waals surface area (Å²) in [6.45, 7) is 0.254. The second-order valence-electron chi connectivity index (χ2n) is 8.87. The number of piperidine rings is 1. The average Bonchev–Trinajstić information content (AvgIpc) is 3.20. The van der Waals surface area contributed by atoms with Gasteiger partial charge in [-0.05, 0) is 42.8 Å². The fourth-order valence-electron chi connectivity index (χ4n) is 5.29. The van der Waals surface area contributed by atoms with Crippen molar-refractivity contribution in [3.63, 3.8) is 0 Å². The van der Waals surface area contributed by atoms with Gasteiger partial charge in [0.25, 0.3) is 0 Å². The zero-order valence-electron chi connectivity index (χ0n) is 20.8. The molecule has 1 aromatic heterocycles. The van der Waals surface area contributed by atoms with Gasteiger partial charge in [0.1, 0.15) is 11.8 Å². The Kier molecular flexibility index (Phi) is 8.00. The maximum atomic E-state index is 13.3. The van der Waals surface area contributed by atoms with Crippen molar-refractivity contribution in [2.24, 2.45) is 11.7 Å². The number of carbonyl (C=O) groups excluding carboxylic acids is 3. The van der Waals surface area contributed by atoms with E-state index in [9.17, 15) is 29.4 Å². The first-order chi connectivity index (χ1) is 17.2. The minimum atomic E-state index is -1.22. The van der Waals surface area contributed by atoms with Crippen LogP contribution in [0.4, 0.5) is 10.5 Å². The summed E-state index contributed by atoms with van der Waals surface area (Å²) >= 11 is 2.41. The number of urea groups is 1. The maximum absolute atomic E-state index is 13.3. The Hall–Kier alpha value is -2.45. The number of aromatic nitrogens is 1. The van der Waals surface area contributed by atoms with Crippen molar-refractivity contribution < 1.29 is 60.4 Å². The summed E-state index contributed by atoms with van der Waals surface area (Å²) in [4.78, 5) is 58.3. The van der Waals surface area contributed by atoms with Gasteiger partial charge in [-0.3, -0.25) is 14.6 Å². The molecule has 3 fully saturated rings. The summed E-state index contributed by atoms with van der Waals surface area (Å²) in [6, 6.07) is 6.59. The van der Waals surface area contributed by atoms with Gasteiger partial charge in [0.2, 0.25) is 11.8 Å². The van der Waals surface area contributed by atoms with Crippen molar-refractivity contribution in [3.8, 4) is 5.75 Å². The molecule has 0 aliphatic carbocycles. The number of nitrogens with one attached hydrogen (secondary N) is 1. The Morgan fingerprint density at radius 1 is 1.19 bits per heavy atom. The van der Waals surface area contributed by atoms with Crippen LogP contribution in [0.2, 0.25) is 0 Å². The molecule has 4 amide bonds. The van der Waals surface area contributed by atoms with Crippen LogP contribution in [-0.2, 0) is 14.4 Å². The van der Waals surface area contributed by atoms with Gasteiger partial charge in [0.15, 0.2) is 6.04 Å². The Morgan fingerprint density at radius 2 is 1.86 bits per heavy atom. The van der Waals surface area contributed by atoms with E-state index in [2.05, 4.69) is 10.3 Å². The molecule has 3 saturated heterocycles. The first kappa shape index (κ1) is 27.6. The Labute approximate surface area is 244 Å². The number of aliphatic carboxylic acids is 1. The van der Waals surface area contributed by atoms with Gasteiger partial charge in [-0.25, -0.2) is 9.59 Å². The summed E-state index contributed by atoms with van der Waals surface area (Å²) in [6.07, 6.45) is 3.53. The monoisotopic (exact) mass is 553 g/mol. The number of carboxylic acids is 1. The second-order valence-corrected chi connectivity index (χ2v) is 11.8. The predicted octanol–water partition coefficient (Wildman–Crippen LogP) is -1.49. The van der Waals surface area contributed by atoms with Gasteiger partial charge in [0, 0.05) is 35.4 Å². The number of nitrogens with two attached hydrogens (primary N) is 1. The summed E-state index contributed by atoms with van der Waals surface area (Å²) in [5.74, 6) is -2.45. The summed E-state index contributed by atoms with van der Waals surface area (Å²) in [7, 11) is 0. The molecule has 0 bridgehead atoms. The number of amides is 4. The van der Waals surface area contributed by atoms with Crippen molar-refractivity contribution >= 4 is 53.0 Å². The molecular formula is C23H24N5NaO6S2. The number of phenolic OH excluding ortho intramolecular Hbond substituents is 1. The van der Waals surface area contributed by atoms with E-state index in [0.29, 0.717) is 12.1 Å². The fourth-order valence-corrected chi connectivity index (χ4v) is 8.36. The standard InChI is InChI=1S/C23H23N5O6S2.Na.H/c24-16(30)11-35-23(36-15-5-7-25-8-6-15)9-12-10-27(22(34)26-13-1-3-14(29)4-2-13)18-17(12)28(20(18)31)19(23)21(32)33;;/h1-8,12,17-19,29H,9-11H2,(H2,24,30)(H,26,34)(H,32,33);;/q;+1;-1/t12-,17-,18+,19?,23?;;/m1../s1. The van der Waals surface area contributed by atoms with Gasteiger partial charge in [-0.1, -0.05) is 0 Å². The molecule has 2 unspecified atom stereocenters. The molecule has 4 heterocycles. The van der Waals surface area contributed by atoms with Crippen LogP contribution in [0.15, 0.2) is 53.7 Å². The molecule has 0 saturated carbocycles. The van der Waals surface area contributed by atoms with E-state index in [4.69, 9.17) is 5.73 Å². The number of benzene rings is 1. The normalized spacial score (nSPS) is 27.5. The molecule has 3 aliphatic heterocycles. The zero-order chi connectivity index (χ0) is 25.6.